The number of hydrogen-bond acceptors (Lipinski definition) is 3. The molecule has 1 aromatic heterocycles. The summed E-state index contributed by atoms with van der Waals surface area (Å²) >= 11 is 0. The smallest absolute Gasteiger partial charge is 0.371 e. The molecule has 0 amide bonds. The topological polar surface area (TPSA) is 59.7 Å². The van der Waals surface area contributed by atoms with Crippen molar-refractivity contribution in [3.05, 3.63) is 30.0 Å². The number of furan rings is 1. The Kier molecular flexibility index (Phi) is 11.3. The number of rotatable bonds is 17. The normalized spacial score (nSPS) is 11.2. The van der Waals surface area contributed by atoms with Gasteiger partial charge in [-0.15, -0.1) is 0 Å². The minimum absolute atomic E-state index is 0.0486. The van der Waals surface area contributed by atoms with Crippen molar-refractivity contribution in [3.8, 4) is 5.75 Å². The maximum absolute atomic E-state index is 11.1. The van der Waals surface area contributed by atoms with Crippen LogP contribution in [-0.4, -0.2) is 17.7 Å². The Hall–Kier alpha value is -1.97. The Bertz CT molecular complexity index is 704. The molecule has 0 unspecified atom stereocenters. The fraction of sp³-hybridized carbons (Fsp3) is 0.640. The summed E-state index contributed by atoms with van der Waals surface area (Å²) < 4.78 is 11.2. The summed E-state index contributed by atoms with van der Waals surface area (Å²) in [6, 6.07) is 7.00. The summed E-state index contributed by atoms with van der Waals surface area (Å²) in [4.78, 5) is 11.1. The molecule has 0 spiro atoms. The fourth-order valence-corrected chi connectivity index (χ4v) is 3.74. The molecule has 1 aromatic carbocycles. The second kappa shape index (κ2) is 14.1. The second-order valence-electron chi connectivity index (χ2n) is 8.03. The Labute approximate surface area is 175 Å². The number of fused-ring (bicyclic) bond motifs is 1. The van der Waals surface area contributed by atoms with Gasteiger partial charge >= 0.3 is 5.97 Å². The van der Waals surface area contributed by atoms with Gasteiger partial charge in [0.25, 0.3) is 0 Å². The number of hydrogen-bond donors (Lipinski definition) is 1. The number of benzene rings is 1. The molecule has 2 rings (SSSR count). The average molecular weight is 403 g/mol. The van der Waals surface area contributed by atoms with Crippen molar-refractivity contribution in [2.45, 2.75) is 96.8 Å². The fourth-order valence-electron chi connectivity index (χ4n) is 3.74. The van der Waals surface area contributed by atoms with E-state index in [0.717, 1.165) is 11.8 Å². The van der Waals surface area contributed by atoms with Gasteiger partial charge in [0, 0.05) is 6.07 Å². The van der Waals surface area contributed by atoms with Crippen LogP contribution in [0.4, 0.5) is 0 Å². The highest BCUT2D eigenvalue weighted by Gasteiger charge is 2.13. The predicted molar refractivity (Wildman–Crippen MR) is 119 cm³/mol. The zero-order valence-corrected chi connectivity index (χ0v) is 18.1. The summed E-state index contributed by atoms with van der Waals surface area (Å²) in [5.41, 5.74) is 0.556. The summed E-state index contributed by atoms with van der Waals surface area (Å²) in [6.45, 7) is 2.93. The predicted octanol–water partition coefficient (Wildman–Crippen LogP) is 7.99. The highest BCUT2D eigenvalue weighted by atomic mass is 16.5. The van der Waals surface area contributed by atoms with E-state index >= 15 is 0 Å². The van der Waals surface area contributed by atoms with E-state index in [1.165, 1.54) is 89.5 Å². The summed E-state index contributed by atoms with van der Waals surface area (Å²) in [5, 5.41) is 9.79. The Balaban J connectivity index is 1.47. The number of aromatic carboxylic acids is 1. The lowest BCUT2D eigenvalue weighted by Gasteiger charge is -2.07. The van der Waals surface area contributed by atoms with Gasteiger partial charge in [-0.3, -0.25) is 0 Å². The molecule has 4 heteroatoms. The van der Waals surface area contributed by atoms with Gasteiger partial charge in [-0.05, 0) is 18.6 Å². The quantitative estimate of drug-likeness (QED) is 0.272. The molecule has 0 radical (unpaired) electrons. The Morgan fingerprint density at radius 1 is 0.862 bits per heavy atom. The highest BCUT2D eigenvalue weighted by molar-refractivity contribution is 5.93. The zero-order chi connectivity index (χ0) is 20.7. The molecule has 0 aliphatic carbocycles. The standard InChI is InChI=1S/C25H38O4/c1-2-3-4-5-6-7-8-9-10-11-12-13-14-15-19-28-22-17-16-18-23-21(22)20-24(29-23)25(26)27/h16-18,20H,2-15,19H2,1H3,(H,26,27). The van der Waals surface area contributed by atoms with Crippen molar-refractivity contribution < 1.29 is 19.1 Å². The molecule has 0 bridgehead atoms. The third-order valence-electron chi connectivity index (χ3n) is 5.49. The minimum Gasteiger partial charge on any atom is -0.493 e. The number of carbonyl (C=O) groups is 1. The van der Waals surface area contributed by atoms with Crippen molar-refractivity contribution in [1.29, 1.82) is 0 Å². The van der Waals surface area contributed by atoms with Gasteiger partial charge in [0.15, 0.2) is 0 Å². The molecule has 1 heterocycles. The van der Waals surface area contributed by atoms with Crippen LogP contribution in [-0.2, 0) is 0 Å². The van der Waals surface area contributed by atoms with Gasteiger partial charge in [-0.2, -0.15) is 0 Å². The first-order valence-corrected chi connectivity index (χ1v) is 11.6. The van der Waals surface area contributed by atoms with Crippen molar-refractivity contribution in [1.82, 2.24) is 0 Å². The second-order valence-corrected chi connectivity index (χ2v) is 8.03. The van der Waals surface area contributed by atoms with Crippen LogP contribution in [0.15, 0.2) is 28.7 Å². The molecule has 0 aliphatic rings. The van der Waals surface area contributed by atoms with Crippen molar-refractivity contribution >= 4 is 16.9 Å². The molecule has 0 aliphatic heterocycles. The number of ether oxygens (including phenoxy) is 1. The summed E-state index contributed by atoms with van der Waals surface area (Å²) in [6.07, 6.45) is 18.7. The third kappa shape index (κ3) is 8.93. The van der Waals surface area contributed by atoms with Crippen LogP contribution in [0.1, 0.15) is 107 Å². The lowest BCUT2D eigenvalue weighted by Crippen LogP contribution is -1.97. The molecule has 4 nitrogen and oxygen atoms in total. The van der Waals surface area contributed by atoms with Gasteiger partial charge in [0.05, 0.1) is 12.0 Å². The molecule has 0 atom stereocenters. The molecule has 1 N–H and O–H groups in total. The Morgan fingerprint density at radius 3 is 1.97 bits per heavy atom. The van der Waals surface area contributed by atoms with Crippen molar-refractivity contribution in [3.63, 3.8) is 0 Å². The summed E-state index contributed by atoms with van der Waals surface area (Å²) in [5.74, 6) is -0.403. The van der Waals surface area contributed by atoms with E-state index in [4.69, 9.17) is 14.3 Å². The van der Waals surface area contributed by atoms with Crippen LogP contribution in [0, 0.1) is 0 Å². The number of carboxylic acid groups (broad SMARTS) is 1. The molecule has 2 aromatic rings. The first kappa shape index (κ1) is 23.3. The first-order chi connectivity index (χ1) is 14.2. The van der Waals surface area contributed by atoms with E-state index < -0.39 is 5.97 Å². The maximum Gasteiger partial charge on any atom is 0.371 e. The van der Waals surface area contributed by atoms with Crippen LogP contribution in [0.3, 0.4) is 0 Å². The third-order valence-corrected chi connectivity index (χ3v) is 5.49. The molecule has 162 valence electrons. The van der Waals surface area contributed by atoms with Gasteiger partial charge in [-0.1, -0.05) is 96.5 Å². The largest absolute Gasteiger partial charge is 0.493 e. The molecular weight excluding hydrogens is 364 g/mol. The van der Waals surface area contributed by atoms with Gasteiger partial charge in [-0.25, -0.2) is 4.79 Å². The molecule has 29 heavy (non-hydrogen) atoms. The lowest BCUT2D eigenvalue weighted by atomic mass is 10.0. The van der Waals surface area contributed by atoms with E-state index in [1.54, 1.807) is 6.07 Å². The molecular formula is C25H38O4. The monoisotopic (exact) mass is 402 g/mol. The van der Waals surface area contributed by atoms with E-state index in [2.05, 4.69) is 6.92 Å². The average Bonchev–Trinajstić information content (AvgIpc) is 3.16. The summed E-state index contributed by atoms with van der Waals surface area (Å²) in [7, 11) is 0. The van der Waals surface area contributed by atoms with Crippen LogP contribution in [0.25, 0.3) is 11.0 Å². The molecule has 0 saturated heterocycles. The number of unbranched alkanes of at least 4 members (excludes halogenated alkanes) is 13. The van der Waals surface area contributed by atoms with Gasteiger partial charge in [0.2, 0.25) is 5.76 Å². The molecule has 0 fully saturated rings. The van der Waals surface area contributed by atoms with Crippen LogP contribution in [0.5, 0.6) is 5.75 Å². The van der Waals surface area contributed by atoms with Crippen LogP contribution in [0.2, 0.25) is 0 Å². The SMILES string of the molecule is CCCCCCCCCCCCCCCCOc1cccc2oc(C(=O)O)cc12. The van der Waals surface area contributed by atoms with Crippen LogP contribution >= 0.6 is 0 Å². The molecule has 0 saturated carbocycles. The highest BCUT2D eigenvalue weighted by Crippen LogP contribution is 2.29. The maximum atomic E-state index is 11.1. The first-order valence-electron chi connectivity index (χ1n) is 11.6. The van der Waals surface area contributed by atoms with Crippen molar-refractivity contribution in [2.75, 3.05) is 6.61 Å². The lowest BCUT2D eigenvalue weighted by molar-refractivity contribution is 0.0665. The van der Waals surface area contributed by atoms with E-state index in [-0.39, 0.29) is 5.76 Å². The van der Waals surface area contributed by atoms with Crippen LogP contribution < -0.4 is 4.74 Å². The minimum atomic E-state index is -1.06. The van der Waals surface area contributed by atoms with Crippen molar-refractivity contribution in [2.24, 2.45) is 0 Å². The number of carboxylic acids is 1. The van der Waals surface area contributed by atoms with Gasteiger partial charge < -0.3 is 14.3 Å². The van der Waals surface area contributed by atoms with E-state index in [9.17, 15) is 4.79 Å². The van der Waals surface area contributed by atoms with E-state index in [1.807, 2.05) is 12.1 Å². The van der Waals surface area contributed by atoms with Gasteiger partial charge in [0.1, 0.15) is 11.3 Å². The zero-order valence-electron chi connectivity index (χ0n) is 18.1. The van der Waals surface area contributed by atoms with E-state index in [0.29, 0.717) is 17.9 Å². The Morgan fingerprint density at radius 2 is 1.41 bits per heavy atom.